The number of halogens is 1. The van der Waals surface area contributed by atoms with E-state index in [1.807, 2.05) is 0 Å². The van der Waals surface area contributed by atoms with Gasteiger partial charge in [0.25, 0.3) is 5.91 Å². The maximum absolute atomic E-state index is 14.6. The second-order valence-electron chi connectivity index (χ2n) is 9.28. The first kappa shape index (κ1) is 27.3. The molecular formula is C26H33FN6O5. The lowest BCUT2D eigenvalue weighted by Crippen LogP contribution is -2.48. The van der Waals surface area contributed by atoms with Gasteiger partial charge in [-0.25, -0.2) is 4.39 Å². The summed E-state index contributed by atoms with van der Waals surface area (Å²) < 4.78 is 30.5. The molecule has 1 aliphatic rings. The van der Waals surface area contributed by atoms with Crippen LogP contribution in [0.4, 0.5) is 4.39 Å². The third-order valence-electron chi connectivity index (χ3n) is 6.26. The molecule has 11 nitrogen and oxygen atoms in total. The lowest BCUT2D eigenvalue weighted by atomic mass is 10.2. The van der Waals surface area contributed by atoms with Crippen molar-refractivity contribution in [3.63, 3.8) is 0 Å². The van der Waals surface area contributed by atoms with Gasteiger partial charge in [-0.3, -0.25) is 9.59 Å². The van der Waals surface area contributed by atoms with Gasteiger partial charge in [0.1, 0.15) is 17.6 Å². The number of carbonyl (C=O) groups excluding carboxylic acids is 2. The first-order valence-corrected chi connectivity index (χ1v) is 12.7. The van der Waals surface area contributed by atoms with Gasteiger partial charge in [-0.1, -0.05) is 5.16 Å². The highest BCUT2D eigenvalue weighted by molar-refractivity contribution is 5.95. The minimum Gasteiger partial charge on any atom is -0.493 e. The smallest absolute Gasteiger partial charge is 0.287 e. The Morgan fingerprint density at radius 2 is 2.05 bits per heavy atom. The number of amides is 2. The molecule has 1 saturated heterocycles. The molecule has 1 unspecified atom stereocenters. The van der Waals surface area contributed by atoms with Gasteiger partial charge in [-0.15, -0.1) is 0 Å². The van der Waals surface area contributed by atoms with E-state index < -0.39 is 23.8 Å². The van der Waals surface area contributed by atoms with Crippen LogP contribution in [0.3, 0.4) is 0 Å². The van der Waals surface area contributed by atoms with Crippen molar-refractivity contribution in [1.82, 2.24) is 25.3 Å². The molecule has 1 aliphatic heterocycles. The SMILES string of the molecule is CC(N)c1nc(-c2ccc(OCCCN3CCCN(C(=O)[C@H](C)NC(=O)c4ccco4)CC3)cc2F)no1. The molecule has 0 radical (unpaired) electrons. The van der Waals surface area contributed by atoms with Gasteiger partial charge in [0, 0.05) is 32.2 Å². The van der Waals surface area contributed by atoms with Crippen LogP contribution < -0.4 is 15.8 Å². The molecule has 38 heavy (non-hydrogen) atoms. The quantitative estimate of drug-likeness (QED) is 0.380. The zero-order valence-electron chi connectivity index (χ0n) is 21.6. The van der Waals surface area contributed by atoms with Crippen molar-refractivity contribution in [3.8, 4) is 17.1 Å². The maximum atomic E-state index is 14.6. The molecule has 2 amide bonds. The maximum Gasteiger partial charge on any atom is 0.287 e. The molecule has 204 valence electrons. The predicted octanol–water partition coefficient (Wildman–Crippen LogP) is 2.61. The Balaban J connectivity index is 1.19. The number of nitrogens with two attached hydrogens (primary N) is 1. The molecule has 2 aromatic heterocycles. The molecule has 3 N–H and O–H groups in total. The molecule has 1 aromatic carbocycles. The molecule has 0 saturated carbocycles. The van der Waals surface area contributed by atoms with Crippen LogP contribution in [0, 0.1) is 5.82 Å². The van der Waals surface area contributed by atoms with E-state index in [4.69, 9.17) is 19.4 Å². The standard InChI is InChI=1S/C26H33FN6O5/c1-17(28)25-30-23(31-38-25)20-8-7-19(16-21(20)27)36-15-5-10-32-9-4-11-33(13-12-32)26(35)18(2)29-24(34)22-6-3-14-37-22/h3,6-8,14,16-18H,4-5,9-13,15,28H2,1-2H3,(H,29,34)/t17?,18-/m0/s1. The van der Waals surface area contributed by atoms with Gasteiger partial charge in [0.05, 0.1) is 24.5 Å². The van der Waals surface area contributed by atoms with E-state index in [1.165, 1.54) is 12.3 Å². The van der Waals surface area contributed by atoms with Crippen molar-refractivity contribution in [2.45, 2.75) is 38.8 Å². The largest absolute Gasteiger partial charge is 0.493 e. The molecule has 1 fully saturated rings. The molecule has 12 heteroatoms. The van der Waals surface area contributed by atoms with E-state index in [-0.39, 0.29) is 28.9 Å². The number of benzene rings is 1. The number of carbonyl (C=O) groups is 2. The van der Waals surface area contributed by atoms with E-state index in [1.54, 1.807) is 43.0 Å². The van der Waals surface area contributed by atoms with E-state index in [2.05, 4.69) is 20.4 Å². The number of hydrogen-bond donors (Lipinski definition) is 2. The molecule has 4 rings (SSSR count). The summed E-state index contributed by atoms with van der Waals surface area (Å²) in [6, 6.07) is 6.63. The number of nitrogens with zero attached hydrogens (tertiary/aromatic N) is 4. The Hall–Kier alpha value is -3.77. The molecule has 0 aliphatic carbocycles. The highest BCUT2D eigenvalue weighted by atomic mass is 19.1. The summed E-state index contributed by atoms with van der Waals surface area (Å²) in [5.74, 6) is -0.0550. The summed E-state index contributed by atoms with van der Waals surface area (Å²) in [7, 11) is 0. The number of rotatable bonds is 10. The van der Waals surface area contributed by atoms with Crippen LogP contribution in [0.2, 0.25) is 0 Å². The zero-order valence-corrected chi connectivity index (χ0v) is 21.6. The highest BCUT2D eigenvalue weighted by Crippen LogP contribution is 2.25. The number of ether oxygens (including phenoxy) is 1. The average Bonchev–Trinajstić information content (AvgIpc) is 3.56. The summed E-state index contributed by atoms with van der Waals surface area (Å²) in [5.41, 5.74) is 5.93. The normalized spacial score (nSPS) is 16.1. The summed E-state index contributed by atoms with van der Waals surface area (Å²) in [6.45, 7) is 7.38. The molecule has 3 aromatic rings. The number of hydrogen-bond acceptors (Lipinski definition) is 9. The summed E-state index contributed by atoms with van der Waals surface area (Å²) >= 11 is 0. The Labute approximate surface area is 220 Å². The fourth-order valence-corrected chi connectivity index (χ4v) is 4.20. The second-order valence-corrected chi connectivity index (χ2v) is 9.28. The van der Waals surface area contributed by atoms with Gasteiger partial charge in [0.2, 0.25) is 17.6 Å². The van der Waals surface area contributed by atoms with Crippen LogP contribution in [-0.4, -0.2) is 77.1 Å². The van der Waals surface area contributed by atoms with Crippen molar-refractivity contribution in [2.24, 2.45) is 5.73 Å². The summed E-state index contributed by atoms with van der Waals surface area (Å²) in [6.07, 6.45) is 2.99. The molecule has 0 spiro atoms. The fourth-order valence-electron chi connectivity index (χ4n) is 4.20. The van der Waals surface area contributed by atoms with Crippen molar-refractivity contribution < 1.29 is 27.7 Å². The number of nitrogens with one attached hydrogen (secondary N) is 1. The Morgan fingerprint density at radius 1 is 1.21 bits per heavy atom. The minimum atomic E-state index is -0.648. The van der Waals surface area contributed by atoms with Gasteiger partial charge in [0.15, 0.2) is 5.76 Å². The summed E-state index contributed by atoms with van der Waals surface area (Å²) in [4.78, 5) is 33.2. The van der Waals surface area contributed by atoms with Crippen molar-refractivity contribution in [2.75, 3.05) is 39.3 Å². The Bertz CT molecular complexity index is 1210. The number of furan rings is 1. The van der Waals surface area contributed by atoms with E-state index >= 15 is 0 Å². The second kappa shape index (κ2) is 12.7. The van der Waals surface area contributed by atoms with Crippen molar-refractivity contribution in [3.05, 3.63) is 54.1 Å². The Morgan fingerprint density at radius 3 is 2.76 bits per heavy atom. The zero-order chi connectivity index (χ0) is 27.1. The monoisotopic (exact) mass is 528 g/mol. The van der Waals surface area contributed by atoms with Crippen LogP contribution in [0.15, 0.2) is 45.5 Å². The van der Waals surface area contributed by atoms with Crippen LogP contribution in [-0.2, 0) is 4.79 Å². The van der Waals surface area contributed by atoms with Gasteiger partial charge in [-0.2, -0.15) is 4.98 Å². The molecular weight excluding hydrogens is 495 g/mol. The summed E-state index contributed by atoms with van der Waals surface area (Å²) in [5, 5.41) is 6.48. The topological polar surface area (TPSA) is 140 Å². The van der Waals surface area contributed by atoms with Crippen LogP contribution >= 0.6 is 0 Å². The van der Waals surface area contributed by atoms with E-state index in [9.17, 15) is 14.0 Å². The molecule has 2 atom stereocenters. The van der Waals surface area contributed by atoms with E-state index in [0.29, 0.717) is 25.4 Å². The van der Waals surface area contributed by atoms with Crippen molar-refractivity contribution >= 4 is 11.8 Å². The van der Waals surface area contributed by atoms with Crippen LogP contribution in [0.1, 0.15) is 49.2 Å². The van der Waals surface area contributed by atoms with Crippen LogP contribution in [0.25, 0.3) is 11.4 Å². The minimum absolute atomic E-state index is 0.116. The first-order valence-electron chi connectivity index (χ1n) is 12.7. The van der Waals surface area contributed by atoms with Gasteiger partial charge < -0.3 is 34.5 Å². The van der Waals surface area contributed by atoms with Gasteiger partial charge >= 0.3 is 0 Å². The van der Waals surface area contributed by atoms with Crippen molar-refractivity contribution in [1.29, 1.82) is 0 Å². The highest BCUT2D eigenvalue weighted by Gasteiger charge is 2.25. The van der Waals surface area contributed by atoms with Crippen LogP contribution in [0.5, 0.6) is 5.75 Å². The third kappa shape index (κ3) is 6.95. The average molecular weight is 529 g/mol. The first-order chi connectivity index (χ1) is 18.3. The van der Waals surface area contributed by atoms with Gasteiger partial charge in [-0.05, 0) is 57.5 Å². The predicted molar refractivity (Wildman–Crippen MR) is 136 cm³/mol. The lowest BCUT2D eigenvalue weighted by molar-refractivity contribution is -0.132. The number of aromatic nitrogens is 2. The molecule has 0 bridgehead atoms. The molecule has 3 heterocycles. The third-order valence-corrected chi connectivity index (χ3v) is 6.26. The lowest BCUT2D eigenvalue weighted by Gasteiger charge is -2.25. The Kier molecular flexibility index (Phi) is 9.08. The fraction of sp³-hybridized carbons (Fsp3) is 0.462. The van der Waals surface area contributed by atoms with E-state index in [0.717, 1.165) is 32.5 Å².